The molecule has 0 aromatic heterocycles. The molecule has 18 nitrogen and oxygen atoms in total. The molecule has 0 bridgehead atoms. The van der Waals surface area contributed by atoms with Gasteiger partial charge >= 0.3 is 24.1 Å². The number of aliphatic hydroxyl groups is 2. The summed E-state index contributed by atoms with van der Waals surface area (Å²) in [4.78, 5) is 105. The van der Waals surface area contributed by atoms with Gasteiger partial charge in [0.25, 0.3) is 17.7 Å². The molecule has 12 amide bonds. The first-order valence-electron chi connectivity index (χ1n) is 15.3. The molecule has 0 aliphatic heterocycles. The highest BCUT2D eigenvalue weighted by Gasteiger charge is 2.38. The molecule has 0 aromatic carbocycles. The summed E-state index contributed by atoms with van der Waals surface area (Å²) in [7, 11) is 6.18. The van der Waals surface area contributed by atoms with Gasteiger partial charge in [-0.05, 0) is 52.7 Å². The van der Waals surface area contributed by atoms with Crippen molar-refractivity contribution in [2.24, 2.45) is 0 Å². The van der Waals surface area contributed by atoms with E-state index in [-0.39, 0.29) is 18.7 Å². The number of hydrogen-bond acceptors (Lipinski definition) is 11. The Bertz CT molecular complexity index is 1180. The van der Waals surface area contributed by atoms with Crippen LogP contribution in [0.3, 0.4) is 0 Å². The van der Waals surface area contributed by atoms with E-state index in [2.05, 4.69) is 10.6 Å². The Morgan fingerprint density at radius 2 is 1.40 bits per heavy atom. The molecule has 0 heterocycles. The minimum absolute atomic E-state index is 0.176. The molecular weight excluding hydrogens is 652 g/mol. The van der Waals surface area contributed by atoms with E-state index in [0.29, 0.717) is 34.8 Å². The third kappa shape index (κ3) is 14.8. The molecular formula is C29H52N8O10S. The SMILES string of the molecule is CCCC(=O)N(C)[C@H](SCCC[C@H](C)O)C(=O)N(C)[C@@H](CC(C)(C)O)C(=O)NC(=O)N(C)C(=O)NC(=O)N[C@@H](C)C(=O)N(C)C(=O)NC. The van der Waals surface area contributed by atoms with E-state index in [9.17, 15) is 48.6 Å². The van der Waals surface area contributed by atoms with Crippen LogP contribution in [-0.4, -0.2) is 148 Å². The summed E-state index contributed by atoms with van der Waals surface area (Å²) in [5, 5.41) is 27.3. The second kappa shape index (κ2) is 20.4. The Morgan fingerprint density at radius 3 is 1.90 bits per heavy atom. The molecule has 0 saturated carbocycles. The van der Waals surface area contributed by atoms with Crippen molar-refractivity contribution < 1.29 is 48.6 Å². The van der Waals surface area contributed by atoms with Crippen molar-refractivity contribution in [3.8, 4) is 0 Å². The summed E-state index contributed by atoms with van der Waals surface area (Å²) < 4.78 is 0. The number of thioether (sulfide) groups is 1. The number of nitrogens with one attached hydrogen (secondary N) is 4. The summed E-state index contributed by atoms with van der Waals surface area (Å²) >= 11 is 1.15. The number of carbonyl (C=O) groups excluding carboxylic acids is 8. The van der Waals surface area contributed by atoms with Crippen molar-refractivity contribution in [3.05, 3.63) is 0 Å². The van der Waals surface area contributed by atoms with Crippen molar-refractivity contribution in [2.45, 2.75) is 95.9 Å². The van der Waals surface area contributed by atoms with E-state index in [0.717, 1.165) is 23.7 Å². The van der Waals surface area contributed by atoms with Gasteiger partial charge in [0.15, 0.2) is 5.37 Å². The fourth-order valence-corrected chi connectivity index (χ4v) is 5.26. The van der Waals surface area contributed by atoms with Gasteiger partial charge in [-0.3, -0.25) is 34.7 Å². The highest BCUT2D eigenvalue weighted by atomic mass is 32.2. The van der Waals surface area contributed by atoms with Gasteiger partial charge in [0, 0.05) is 48.1 Å². The van der Waals surface area contributed by atoms with Gasteiger partial charge in [-0.25, -0.2) is 24.1 Å². The van der Waals surface area contributed by atoms with Crippen LogP contribution in [0.2, 0.25) is 0 Å². The monoisotopic (exact) mass is 704 g/mol. The van der Waals surface area contributed by atoms with Crippen LogP contribution in [0, 0.1) is 0 Å². The third-order valence-corrected chi connectivity index (χ3v) is 8.26. The standard InChI is InChI=1S/C29H52N8O10S/c1-11-13-20(39)35(8)24(48-15-12-14-17(2)38)23(42)34(7)19(16-29(4,5)47)21(40)32-27(45)37(10)28(46)33-25(43)31-18(3)22(41)36(9)26(44)30-6/h17-19,24,38,47H,11-16H2,1-10H3,(H,30,44)(H,32,40,45)(H2,31,33,43,46)/t17-,18-,19-,24+/m0/s1. The topological polar surface area (TPSA) is 238 Å². The zero-order valence-corrected chi connectivity index (χ0v) is 30.2. The second-order valence-corrected chi connectivity index (χ2v) is 13.1. The smallest absolute Gasteiger partial charge is 0.333 e. The molecule has 6 N–H and O–H groups in total. The molecule has 0 aromatic rings. The summed E-state index contributed by atoms with van der Waals surface area (Å²) in [6.07, 6.45) is 0.834. The van der Waals surface area contributed by atoms with Gasteiger partial charge in [-0.15, -0.1) is 11.8 Å². The number of imide groups is 4. The van der Waals surface area contributed by atoms with Gasteiger partial charge in [0.1, 0.15) is 12.1 Å². The number of urea groups is 4. The first-order chi connectivity index (χ1) is 22.1. The number of aliphatic hydroxyl groups excluding tert-OH is 1. The average Bonchev–Trinajstić information content (AvgIpc) is 3.00. The lowest BCUT2D eigenvalue weighted by molar-refractivity contribution is -0.145. The van der Waals surface area contributed by atoms with Crippen LogP contribution in [0.1, 0.15) is 66.7 Å². The van der Waals surface area contributed by atoms with E-state index < -0.39 is 71.0 Å². The molecule has 0 aliphatic rings. The zero-order chi connectivity index (χ0) is 37.5. The number of hydrogen-bond donors (Lipinski definition) is 6. The molecule has 48 heavy (non-hydrogen) atoms. The minimum atomic E-state index is -1.51. The van der Waals surface area contributed by atoms with E-state index >= 15 is 0 Å². The van der Waals surface area contributed by atoms with E-state index in [4.69, 9.17) is 0 Å². The van der Waals surface area contributed by atoms with Gasteiger partial charge in [-0.1, -0.05) is 6.92 Å². The van der Waals surface area contributed by atoms with Crippen LogP contribution < -0.4 is 21.3 Å². The predicted molar refractivity (Wildman–Crippen MR) is 177 cm³/mol. The molecule has 0 unspecified atom stereocenters. The molecule has 4 atom stereocenters. The van der Waals surface area contributed by atoms with Crippen molar-refractivity contribution in [1.29, 1.82) is 0 Å². The van der Waals surface area contributed by atoms with Gasteiger partial charge in [-0.2, -0.15) is 0 Å². The Hall–Kier alpha value is -3.97. The van der Waals surface area contributed by atoms with Crippen molar-refractivity contribution in [1.82, 2.24) is 40.9 Å². The van der Waals surface area contributed by atoms with Gasteiger partial charge in [0.05, 0.1) is 11.7 Å². The second-order valence-electron chi connectivity index (χ2n) is 11.9. The maximum atomic E-state index is 13.8. The largest absolute Gasteiger partial charge is 0.393 e. The van der Waals surface area contributed by atoms with Crippen molar-refractivity contribution in [2.75, 3.05) is 41.0 Å². The highest BCUT2D eigenvalue weighted by Crippen LogP contribution is 2.23. The number of carbonyl (C=O) groups is 8. The molecule has 0 rings (SSSR count). The summed E-state index contributed by atoms with van der Waals surface area (Å²) in [5.41, 5.74) is -1.51. The molecule has 19 heteroatoms. The Morgan fingerprint density at radius 1 is 0.833 bits per heavy atom. The maximum Gasteiger partial charge on any atom is 0.333 e. The normalized spacial score (nSPS) is 13.5. The first kappa shape index (κ1) is 44.0. The van der Waals surface area contributed by atoms with Crippen LogP contribution in [0.5, 0.6) is 0 Å². The van der Waals surface area contributed by atoms with Crippen LogP contribution in [-0.2, 0) is 19.2 Å². The Balaban J connectivity index is 5.83. The van der Waals surface area contributed by atoms with Crippen molar-refractivity contribution in [3.63, 3.8) is 0 Å². The highest BCUT2D eigenvalue weighted by molar-refractivity contribution is 8.00. The summed E-state index contributed by atoms with van der Waals surface area (Å²) in [6.45, 7) is 7.49. The molecule has 274 valence electrons. The van der Waals surface area contributed by atoms with E-state index in [1.807, 2.05) is 17.6 Å². The van der Waals surface area contributed by atoms with Crippen LogP contribution in [0.4, 0.5) is 19.2 Å². The summed E-state index contributed by atoms with van der Waals surface area (Å²) in [6, 6.07) is -7.17. The predicted octanol–water partition coefficient (Wildman–Crippen LogP) is 0.227. The van der Waals surface area contributed by atoms with E-state index in [1.165, 1.54) is 53.9 Å². The minimum Gasteiger partial charge on any atom is -0.393 e. The third-order valence-electron chi connectivity index (χ3n) is 6.90. The first-order valence-corrected chi connectivity index (χ1v) is 16.4. The maximum absolute atomic E-state index is 13.8. The van der Waals surface area contributed by atoms with Crippen molar-refractivity contribution >= 4 is 59.5 Å². The molecule has 0 saturated heterocycles. The Kier molecular flexibility index (Phi) is 18.7. The Labute approximate surface area is 285 Å². The lowest BCUT2D eigenvalue weighted by atomic mass is 9.97. The van der Waals surface area contributed by atoms with Gasteiger partial charge in [0.2, 0.25) is 5.91 Å². The molecule has 0 fully saturated rings. The molecule has 0 spiro atoms. The molecule has 0 aliphatic carbocycles. The zero-order valence-electron chi connectivity index (χ0n) is 29.4. The number of likely N-dealkylation sites (N-methyl/N-ethyl adjacent to an activating group) is 3. The quantitative estimate of drug-likeness (QED) is 0.0996. The number of amides is 12. The van der Waals surface area contributed by atoms with E-state index in [1.54, 1.807) is 6.92 Å². The number of rotatable bonds is 15. The fraction of sp³-hybridized carbons (Fsp3) is 0.724. The summed E-state index contributed by atoms with van der Waals surface area (Å²) in [5.74, 6) is -2.41. The fourth-order valence-electron chi connectivity index (χ4n) is 4.05. The average molecular weight is 705 g/mol. The molecule has 0 radical (unpaired) electrons. The van der Waals surface area contributed by atoms with Crippen LogP contribution >= 0.6 is 11.8 Å². The number of nitrogens with zero attached hydrogens (tertiary/aromatic N) is 4. The lowest BCUT2D eigenvalue weighted by Crippen LogP contribution is -2.58. The van der Waals surface area contributed by atoms with Crippen LogP contribution in [0.15, 0.2) is 0 Å². The lowest BCUT2D eigenvalue weighted by Gasteiger charge is -2.36. The van der Waals surface area contributed by atoms with Gasteiger partial charge < -0.3 is 30.6 Å². The van der Waals surface area contributed by atoms with Crippen LogP contribution in [0.25, 0.3) is 0 Å².